The van der Waals surface area contributed by atoms with E-state index in [0.717, 1.165) is 28.6 Å². The first-order chi connectivity index (χ1) is 10.1. The highest BCUT2D eigenvalue weighted by atomic mass is 32.2. The number of thioether (sulfide) groups is 1. The van der Waals surface area contributed by atoms with E-state index in [1.807, 2.05) is 19.1 Å². The third kappa shape index (κ3) is 4.39. The number of aromatic nitrogens is 1. The zero-order valence-electron chi connectivity index (χ0n) is 11.7. The Kier molecular flexibility index (Phi) is 5.05. The lowest BCUT2D eigenvalue weighted by molar-refractivity contribution is -0.131. The number of aliphatic carboxylic acids is 1. The average Bonchev–Trinajstić information content (AvgIpc) is 2.88. The Hall–Kier alpha value is -2.21. The molecule has 6 heteroatoms. The number of benzene rings is 1. The fraction of sp³-hybridized carbons (Fsp3) is 0.200. The summed E-state index contributed by atoms with van der Waals surface area (Å²) >= 11 is 1.45. The van der Waals surface area contributed by atoms with Crippen molar-refractivity contribution in [3.63, 3.8) is 0 Å². The molecule has 5 nitrogen and oxygen atoms in total. The van der Waals surface area contributed by atoms with Crippen molar-refractivity contribution in [2.45, 2.75) is 17.9 Å². The number of carboxylic acid groups (broad SMARTS) is 1. The summed E-state index contributed by atoms with van der Waals surface area (Å²) in [5.74, 6) is 0.352. The lowest BCUT2D eigenvalue weighted by atomic mass is 10.1. The van der Waals surface area contributed by atoms with Gasteiger partial charge in [-0.1, -0.05) is 17.8 Å². The van der Waals surface area contributed by atoms with Crippen LogP contribution < -0.4 is 4.74 Å². The highest BCUT2D eigenvalue weighted by molar-refractivity contribution is 7.98. The molecule has 2 rings (SSSR count). The van der Waals surface area contributed by atoms with Crippen molar-refractivity contribution in [2.75, 3.05) is 7.11 Å². The number of ether oxygens (including phenoxy) is 1. The number of nitrogens with zero attached hydrogens (tertiary/aromatic N) is 1. The molecular formula is C15H15NO4S. The molecule has 0 spiro atoms. The van der Waals surface area contributed by atoms with Crippen LogP contribution in [0.3, 0.4) is 0 Å². The van der Waals surface area contributed by atoms with Gasteiger partial charge in [-0.05, 0) is 36.3 Å². The summed E-state index contributed by atoms with van der Waals surface area (Å²) in [5.41, 5.74) is 2.61. The number of hydrogen-bond acceptors (Lipinski definition) is 5. The van der Waals surface area contributed by atoms with E-state index in [1.165, 1.54) is 11.8 Å². The van der Waals surface area contributed by atoms with Crippen LogP contribution in [0, 0.1) is 6.92 Å². The van der Waals surface area contributed by atoms with E-state index < -0.39 is 5.97 Å². The number of rotatable bonds is 6. The van der Waals surface area contributed by atoms with Crippen LogP contribution in [0.5, 0.6) is 5.75 Å². The van der Waals surface area contributed by atoms with Gasteiger partial charge in [0, 0.05) is 11.8 Å². The molecule has 1 N–H and O–H groups in total. The summed E-state index contributed by atoms with van der Waals surface area (Å²) in [6, 6.07) is 5.50. The van der Waals surface area contributed by atoms with Gasteiger partial charge in [0.05, 0.1) is 12.8 Å². The summed E-state index contributed by atoms with van der Waals surface area (Å²) in [5, 5.41) is 9.32. The van der Waals surface area contributed by atoms with Gasteiger partial charge in [0.2, 0.25) is 0 Å². The highest BCUT2D eigenvalue weighted by Crippen LogP contribution is 2.27. The Balaban J connectivity index is 2.19. The van der Waals surface area contributed by atoms with Crippen LogP contribution in [-0.4, -0.2) is 23.2 Å². The van der Waals surface area contributed by atoms with E-state index in [0.29, 0.717) is 11.0 Å². The summed E-state index contributed by atoms with van der Waals surface area (Å²) in [4.78, 5) is 14.9. The van der Waals surface area contributed by atoms with E-state index >= 15 is 0 Å². The monoisotopic (exact) mass is 305 g/mol. The number of methoxy groups -OCH3 is 1. The normalized spacial score (nSPS) is 11.0. The van der Waals surface area contributed by atoms with Crippen LogP contribution in [0.2, 0.25) is 0 Å². The van der Waals surface area contributed by atoms with Gasteiger partial charge in [-0.15, -0.1) is 0 Å². The molecule has 0 atom stereocenters. The molecule has 0 radical (unpaired) electrons. The van der Waals surface area contributed by atoms with Crippen molar-refractivity contribution in [3.05, 3.63) is 47.4 Å². The molecule has 0 fully saturated rings. The second-order valence-corrected chi connectivity index (χ2v) is 5.21. The fourth-order valence-corrected chi connectivity index (χ4v) is 2.55. The molecule has 0 saturated carbocycles. The SMILES string of the molecule is COc1ccc(/C=C/C(=O)O)c(CSc2nc(C)co2)c1. The molecule has 0 aliphatic rings. The second-order valence-electron chi connectivity index (χ2n) is 4.28. The summed E-state index contributed by atoms with van der Waals surface area (Å²) < 4.78 is 10.5. The quantitative estimate of drug-likeness (QED) is 0.651. The van der Waals surface area contributed by atoms with Gasteiger partial charge < -0.3 is 14.3 Å². The van der Waals surface area contributed by atoms with Gasteiger partial charge in [0.1, 0.15) is 12.0 Å². The molecule has 0 amide bonds. The van der Waals surface area contributed by atoms with Crippen LogP contribution >= 0.6 is 11.8 Å². The highest BCUT2D eigenvalue weighted by Gasteiger charge is 2.07. The van der Waals surface area contributed by atoms with Gasteiger partial charge in [-0.3, -0.25) is 0 Å². The molecular weight excluding hydrogens is 290 g/mol. The molecule has 0 aliphatic heterocycles. The minimum Gasteiger partial charge on any atom is -0.497 e. The largest absolute Gasteiger partial charge is 0.497 e. The Morgan fingerprint density at radius 3 is 2.95 bits per heavy atom. The summed E-state index contributed by atoms with van der Waals surface area (Å²) in [6.07, 6.45) is 4.28. The maximum Gasteiger partial charge on any atom is 0.328 e. The van der Waals surface area contributed by atoms with Crippen molar-refractivity contribution < 1.29 is 19.1 Å². The van der Waals surface area contributed by atoms with Crippen LogP contribution in [0.1, 0.15) is 16.8 Å². The van der Waals surface area contributed by atoms with Crippen molar-refractivity contribution in [1.29, 1.82) is 0 Å². The van der Waals surface area contributed by atoms with Crippen LogP contribution in [0.25, 0.3) is 6.08 Å². The van der Waals surface area contributed by atoms with Gasteiger partial charge >= 0.3 is 5.97 Å². The van der Waals surface area contributed by atoms with Crippen LogP contribution in [-0.2, 0) is 10.5 Å². The van der Waals surface area contributed by atoms with Gasteiger partial charge in [0.25, 0.3) is 5.22 Å². The number of hydrogen-bond donors (Lipinski definition) is 1. The molecule has 2 aromatic rings. The summed E-state index contributed by atoms with van der Waals surface area (Å²) in [7, 11) is 1.59. The maximum absolute atomic E-state index is 10.6. The lowest BCUT2D eigenvalue weighted by Gasteiger charge is -2.07. The molecule has 1 heterocycles. The van der Waals surface area contributed by atoms with Gasteiger partial charge in [-0.2, -0.15) is 0 Å². The Bertz CT molecular complexity index is 663. The number of aryl methyl sites for hydroxylation is 1. The van der Waals surface area contributed by atoms with E-state index in [9.17, 15) is 4.79 Å². The first-order valence-corrected chi connectivity index (χ1v) is 7.20. The van der Waals surface area contributed by atoms with Gasteiger partial charge in [0.15, 0.2) is 0 Å². The number of oxazole rings is 1. The van der Waals surface area contributed by atoms with E-state index in [4.69, 9.17) is 14.3 Å². The van der Waals surface area contributed by atoms with Crippen LogP contribution in [0.15, 0.2) is 40.2 Å². The first-order valence-electron chi connectivity index (χ1n) is 6.21. The molecule has 0 saturated heterocycles. The third-order valence-corrected chi connectivity index (χ3v) is 3.59. The number of carbonyl (C=O) groups is 1. The van der Waals surface area contributed by atoms with E-state index in [-0.39, 0.29) is 0 Å². The maximum atomic E-state index is 10.6. The minimum atomic E-state index is -0.979. The van der Waals surface area contributed by atoms with Crippen molar-refractivity contribution in [3.8, 4) is 5.75 Å². The molecule has 0 aliphatic carbocycles. The van der Waals surface area contributed by atoms with Crippen molar-refractivity contribution in [1.82, 2.24) is 4.98 Å². The van der Waals surface area contributed by atoms with Gasteiger partial charge in [-0.25, -0.2) is 9.78 Å². The molecule has 110 valence electrons. The average molecular weight is 305 g/mol. The Labute approximate surface area is 126 Å². The molecule has 1 aromatic carbocycles. The van der Waals surface area contributed by atoms with Crippen molar-refractivity contribution in [2.24, 2.45) is 0 Å². The van der Waals surface area contributed by atoms with E-state index in [2.05, 4.69) is 4.98 Å². The standard InChI is InChI=1S/C15H15NO4S/c1-10-8-20-15(16-10)21-9-12-7-13(19-2)5-3-11(12)4-6-14(17)18/h3-8H,9H2,1-2H3,(H,17,18)/b6-4+. The predicted octanol–water partition coefficient (Wildman–Crippen LogP) is 3.38. The predicted molar refractivity (Wildman–Crippen MR) is 80.5 cm³/mol. The Morgan fingerprint density at radius 2 is 2.33 bits per heavy atom. The Morgan fingerprint density at radius 1 is 1.52 bits per heavy atom. The molecule has 0 bridgehead atoms. The second kappa shape index (κ2) is 6.99. The number of carboxylic acids is 1. The first kappa shape index (κ1) is 15.2. The smallest absolute Gasteiger partial charge is 0.328 e. The third-order valence-electron chi connectivity index (χ3n) is 2.70. The topological polar surface area (TPSA) is 72.6 Å². The van der Waals surface area contributed by atoms with Crippen molar-refractivity contribution >= 4 is 23.8 Å². The molecule has 1 aromatic heterocycles. The lowest BCUT2D eigenvalue weighted by Crippen LogP contribution is -1.92. The zero-order valence-corrected chi connectivity index (χ0v) is 12.5. The summed E-state index contributed by atoms with van der Waals surface area (Å²) in [6.45, 7) is 1.86. The molecule has 21 heavy (non-hydrogen) atoms. The van der Waals surface area contributed by atoms with Crippen LogP contribution in [0.4, 0.5) is 0 Å². The zero-order chi connectivity index (χ0) is 15.2. The minimum absolute atomic E-state index is 0.587. The van der Waals surface area contributed by atoms with E-state index in [1.54, 1.807) is 25.5 Å². The fourth-order valence-electron chi connectivity index (χ4n) is 1.70. The molecule has 0 unspecified atom stereocenters.